The fourth-order valence-electron chi connectivity index (χ4n) is 3.28. The molecule has 0 saturated carbocycles. The number of hydrogen-bond acceptors (Lipinski definition) is 6. The standard InChI is InChI=1S/C24H25N5OS2/c1-3-13-25-23(30)19-15-31-22(26-19)16-32-24-28-27-21(14-18-10-5-4-6-11-18)29(24)20-12-8-7-9-17(20)2/h4-12,15H,3,13-14,16H2,1-2H3,(H,25,30). The molecule has 0 atom stereocenters. The molecule has 0 saturated heterocycles. The second-order valence-corrected chi connectivity index (χ2v) is 9.24. The zero-order chi connectivity index (χ0) is 22.3. The minimum Gasteiger partial charge on any atom is -0.351 e. The van der Waals surface area contributed by atoms with Crippen LogP contribution in [0, 0.1) is 6.92 Å². The van der Waals surface area contributed by atoms with E-state index in [0.717, 1.165) is 33.7 Å². The van der Waals surface area contributed by atoms with Gasteiger partial charge in [0.05, 0.1) is 11.4 Å². The number of para-hydroxylation sites is 1. The van der Waals surface area contributed by atoms with Gasteiger partial charge in [0.2, 0.25) is 0 Å². The summed E-state index contributed by atoms with van der Waals surface area (Å²) in [5, 5.41) is 15.4. The molecule has 0 unspecified atom stereocenters. The molecule has 2 heterocycles. The van der Waals surface area contributed by atoms with Gasteiger partial charge in [0.25, 0.3) is 5.91 Å². The number of thiazole rings is 1. The Morgan fingerprint density at radius 1 is 1.09 bits per heavy atom. The molecule has 6 nitrogen and oxygen atoms in total. The molecular formula is C24H25N5OS2. The third-order valence-corrected chi connectivity index (χ3v) is 6.88. The van der Waals surface area contributed by atoms with Gasteiger partial charge in [0.15, 0.2) is 5.16 Å². The topological polar surface area (TPSA) is 72.7 Å². The van der Waals surface area contributed by atoms with Gasteiger partial charge in [-0.15, -0.1) is 21.5 Å². The van der Waals surface area contributed by atoms with Crippen molar-refractivity contribution in [2.45, 2.75) is 37.6 Å². The third kappa shape index (κ3) is 5.26. The molecule has 8 heteroatoms. The number of hydrogen-bond donors (Lipinski definition) is 1. The molecule has 164 valence electrons. The van der Waals surface area contributed by atoms with Crippen LogP contribution in [-0.2, 0) is 12.2 Å². The van der Waals surface area contributed by atoms with Crippen LogP contribution in [0.5, 0.6) is 0 Å². The second-order valence-electron chi connectivity index (χ2n) is 7.35. The van der Waals surface area contributed by atoms with Gasteiger partial charge in [-0.2, -0.15) is 0 Å². The van der Waals surface area contributed by atoms with E-state index < -0.39 is 0 Å². The normalized spacial score (nSPS) is 10.9. The van der Waals surface area contributed by atoms with Gasteiger partial charge in [-0.05, 0) is 30.5 Å². The van der Waals surface area contributed by atoms with Crippen molar-refractivity contribution in [3.05, 3.63) is 87.6 Å². The molecule has 0 bridgehead atoms. The number of benzene rings is 2. The summed E-state index contributed by atoms with van der Waals surface area (Å²) < 4.78 is 2.13. The van der Waals surface area contributed by atoms with Crippen molar-refractivity contribution >= 4 is 29.0 Å². The predicted molar refractivity (Wildman–Crippen MR) is 130 cm³/mol. The highest BCUT2D eigenvalue weighted by atomic mass is 32.2. The van der Waals surface area contributed by atoms with Crippen LogP contribution in [0.2, 0.25) is 0 Å². The summed E-state index contributed by atoms with van der Waals surface area (Å²) in [6, 6.07) is 18.6. The Morgan fingerprint density at radius 2 is 1.88 bits per heavy atom. The number of amides is 1. The van der Waals surface area contributed by atoms with Crippen molar-refractivity contribution in [1.82, 2.24) is 25.1 Å². The molecule has 4 aromatic rings. The molecule has 32 heavy (non-hydrogen) atoms. The van der Waals surface area contributed by atoms with Crippen LogP contribution in [-0.4, -0.2) is 32.2 Å². The number of carbonyl (C=O) groups is 1. The van der Waals surface area contributed by atoms with E-state index in [1.807, 2.05) is 42.6 Å². The molecule has 2 aromatic heterocycles. The molecule has 4 rings (SSSR count). The van der Waals surface area contributed by atoms with E-state index in [9.17, 15) is 4.79 Å². The van der Waals surface area contributed by atoms with Crippen LogP contribution in [0.3, 0.4) is 0 Å². The summed E-state index contributed by atoms with van der Waals surface area (Å²) in [7, 11) is 0. The number of aryl methyl sites for hydroxylation is 1. The average molecular weight is 464 g/mol. The first-order valence-corrected chi connectivity index (χ1v) is 12.4. The molecule has 0 aliphatic carbocycles. The fourth-order valence-corrected chi connectivity index (χ4v) is 5.04. The van der Waals surface area contributed by atoms with E-state index in [1.54, 1.807) is 11.8 Å². The quantitative estimate of drug-likeness (QED) is 0.352. The first-order valence-electron chi connectivity index (χ1n) is 10.6. The maximum atomic E-state index is 12.1. The lowest BCUT2D eigenvalue weighted by Crippen LogP contribution is -2.24. The first kappa shape index (κ1) is 22.2. The Labute approximate surface area is 196 Å². The van der Waals surface area contributed by atoms with E-state index in [2.05, 4.69) is 56.3 Å². The minimum atomic E-state index is -0.118. The van der Waals surface area contributed by atoms with E-state index in [0.29, 0.717) is 24.4 Å². The van der Waals surface area contributed by atoms with Gasteiger partial charge < -0.3 is 5.32 Å². The SMILES string of the molecule is CCCNC(=O)c1csc(CSc2nnc(Cc3ccccc3)n2-c2ccccc2C)n1. The number of thioether (sulfide) groups is 1. The second kappa shape index (κ2) is 10.6. The smallest absolute Gasteiger partial charge is 0.270 e. The summed E-state index contributed by atoms with van der Waals surface area (Å²) in [6.07, 6.45) is 1.60. The molecule has 1 N–H and O–H groups in total. The van der Waals surface area contributed by atoms with Crippen LogP contribution >= 0.6 is 23.1 Å². The number of nitrogens with zero attached hydrogens (tertiary/aromatic N) is 4. The monoisotopic (exact) mass is 463 g/mol. The Kier molecular flexibility index (Phi) is 7.34. The predicted octanol–water partition coefficient (Wildman–Crippen LogP) is 5.06. The summed E-state index contributed by atoms with van der Waals surface area (Å²) in [6.45, 7) is 4.78. The number of rotatable bonds is 9. The lowest BCUT2D eigenvalue weighted by molar-refractivity contribution is 0.0949. The van der Waals surface area contributed by atoms with Crippen molar-refractivity contribution < 1.29 is 4.79 Å². The van der Waals surface area contributed by atoms with E-state index >= 15 is 0 Å². The minimum absolute atomic E-state index is 0.118. The lowest BCUT2D eigenvalue weighted by atomic mass is 10.1. The van der Waals surface area contributed by atoms with Crippen molar-refractivity contribution in [2.75, 3.05) is 6.54 Å². The van der Waals surface area contributed by atoms with Gasteiger partial charge in [0, 0.05) is 18.3 Å². The van der Waals surface area contributed by atoms with Gasteiger partial charge in [-0.3, -0.25) is 9.36 Å². The average Bonchev–Trinajstić information content (AvgIpc) is 3.44. The van der Waals surface area contributed by atoms with Crippen LogP contribution in [0.4, 0.5) is 0 Å². The molecular weight excluding hydrogens is 438 g/mol. The molecule has 1 amide bonds. The van der Waals surface area contributed by atoms with Crippen molar-refractivity contribution in [2.24, 2.45) is 0 Å². The number of carbonyl (C=O) groups excluding carboxylic acids is 1. The van der Waals surface area contributed by atoms with E-state index in [4.69, 9.17) is 0 Å². The Bertz CT molecular complexity index is 1190. The summed E-state index contributed by atoms with van der Waals surface area (Å²) >= 11 is 3.08. The Hall–Kier alpha value is -2.97. The van der Waals surface area contributed by atoms with Crippen molar-refractivity contribution in [3.63, 3.8) is 0 Å². The maximum absolute atomic E-state index is 12.1. The van der Waals surface area contributed by atoms with Crippen LogP contribution in [0.25, 0.3) is 5.69 Å². The molecule has 0 spiro atoms. The third-order valence-electron chi connectivity index (χ3n) is 4.91. The van der Waals surface area contributed by atoms with Crippen LogP contribution < -0.4 is 5.32 Å². The van der Waals surface area contributed by atoms with E-state index in [1.165, 1.54) is 16.9 Å². The zero-order valence-corrected chi connectivity index (χ0v) is 19.7. The van der Waals surface area contributed by atoms with Gasteiger partial charge in [0.1, 0.15) is 16.5 Å². The summed E-state index contributed by atoms with van der Waals surface area (Å²) in [5.41, 5.74) is 3.90. The highest BCUT2D eigenvalue weighted by molar-refractivity contribution is 7.98. The summed E-state index contributed by atoms with van der Waals surface area (Å²) in [4.78, 5) is 16.6. The maximum Gasteiger partial charge on any atom is 0.270 e. The number of aromatic nitrogens is 4. The number of nitrogens with one attached hydrogen (secondary N) is 1. The highest BCUT2D eigenvalue weighted by Gasteiger charge is 2.17. The largest absolute Gasteiger partial charge is 0.351 e. The van der Waals surface area contributed by atoms with Gasteiger partial charge in [-0.1, -0.05) is 67.2 Å². The van der Waals surface area contributed by atoms with Crippen molar-refractivity contribution in [1.29, 1.82) is 0 Å². The van der Waals surface area contributed by atoms with Gasteiger partial charge in [-0.25, -0.2) is 4.98 Å². The van der Waals surface area contributed by atoms with Crippen molar-refractivity contribution in [3.8, 4) is 5.69 Å². The lowest BCUT2D eigenvalue weighted by Gasteiger charge is -2.12. The fraction of sp³-hybridized carbons (Fsp3) is 0.250. The molecule has 0 aliphatic rings. The molecule has 0 radical (unpaired) electrons. The first-order chi connectivity index (χ1) is 15.7. The Balaban J connectivity index is 1.57. The molecule has 2 aromatic carbocycles. The summed E-state index contributed by atoms with van der Waals surface area (Å²) in [5.74, 6) is 1.40. The molecule has 0 aliphatic heterocycles. The van der Waals surface area contributed by atoms with Crippen LogP contribution in [0.1, 0.15) is 45.8 Å². The Morgan fingerprint density at radius 3 is 2.66 bits per heavy atom. The van der Waals surface area contributed by atoms with Gasteiger partial charge >= 0.3 is 0 Å². The van der Waals surface area contributed by atoms with E-state index in [-0.39, 0.29) is 5.91 Å². The van der Waals surface area contributed by atoms with Crippen LogP contribution in [0.15, 0.2) is 65.1 Å². The molecule has 0 fully saturated rings. The zero-order valence-electron chi connectivity index (χ0n) is 18.1. The highest BCUT2D eigenvalue weighted by Crippen LogP contribution is 2.28.